The fourth-order valence-electron chi connectivity index (χ4n) is 3.29. The van der Waals surface area contributed by atoms with Crippen molar-refractivity contribution in [1.82, 2.24) is 19.9 Å². The van der Waals surface area contributed by atoms with Crippen molar-refractivity contribution in [2.24, 2.45) is 0 Å². The number of anilines is 1. The molecule has 0 aliphatic rings. The zero-order valence-corrected chi connectivity index (χ0v) is 16.7. The first kappa shape index (κ1) is 19.4. The van der Waals surface area contributed by atoms with Crippen molar-refractivity contribution >= 4 is 22.6 Å². The van der Waals surface area contributed by atoms with E-state index in [0.29, 0.717) is 45.1 Å². The molecule has 0 spiro atoms. The van der Waals surface area contributed by atoms with Crippen molar-refractivity contribution in [3.63, 3.8) is 0 Å². The summed E-state index contributed by atoms with van der Waals surface area (Å²) in [5.74, 6) is -0.691. The van der Waals surface area contributed by atoms with Crippen molar-refractivity contribution in [2.45, 2.75) is 0 Å². The summed E-state index contributed by atoms with van der Waals surface area (Å²) in [7, 11) is 0. The molecule has 0 radical (unpaired) electrons. The number of fused-ring (bicyclic) bond motifs is 1. The molecule has 0 bridgehead atoms. The molecule has 3 aromatic heterocycles. The van der Waals surface area contributed by atoms with E-state index in [2.05, 4.69) is 15.3 Å². The number of benzene rings is 2. The highest BCUT2D eigenvalue weighted by Gasteiger charge is 2.16. The van der Waals surface area contributed by atoms with Crippen LogP contribution in [0.15, 0.2) is 91.3 Å². The number of carbonyl (C=O) groups is 1. The second-order valence-electron chi connectivity index (χ2n) is 7.02. The Bertz CT molecular complexity index is 1410. The van der Waals surface area contributed by atoms with Gasteiger partial charge in [0.1, 0.15) is 17.2 Å². The molecule has 5 rings (SSSR count). The fourth-order valence-corrected chi connectivity index (χ4v) is 3.29. The van der Waals surface area contributed by atoms with Crippen LogP contribution >= 0.6 is 0 Å². The Kier molecular flexibility index (Phi) is 5.05. The Morgan fingerprint density at radius 1 is 0.719 bits per heavy atom. The minimum atomic E-state index is -0.366. The number of pyridine rings is 2. The van der Waals surface area contributed by atoms with E-state index >= 15 is 0 Å². The van der Waals surface area contributed by atoms with Crippen LogP contribution in [-0.2, 0) is 0 Å². The molecule has 0 fully saturated rings. The molecular formula is C25H16FN5O. The van der Waals surface area contributed by atoms with Gasteiger partial charge in [-0.15, -0.1) is 0 Å². The molecule has 0 unspecified atom stereocenters. The second-order valence-corrected chi connectivity index (χ2v) is 7.02. The number of rotatable bonds is 4. The first-order valence-electron chi connectivity index (χ1n) is 9.89. The molecule has 0 aliphatic heterocycles. The van der Waals surface area contributed by atoms with Gasteiger partial charge in [-0.1, -0.05) is 12.1 Å². The van der Waals surface area contributed by atoms with E-state index in [1.165, 1.54) is 24.3 Å². The first-order valence-corrected chi connectivity index (χ1v) is 9.89. The summed E-state index contributed by atoms with van der Waals surface area (Å²) in [5, 5.41) is 2.76. The van der Waals surface area contributed by atoms with Crippen LogP contribution in [0.1, 0.15) is 10.4 Å². The standard InChI is InChI=1S/C25H16FN5O/c26-17-8-10-18(11-9-17)29-25(32)16-7-12-19-22(15-16)31-24(21-6-2-4-14-28-21)23(30-19)20-5-1-3-13-27-20/h1-15H,(H,29,32). The van der Waals surface area contributed by atoms with E-state index in [1.54, 1.807) is 30.6 Å². The summed E-state index contributed by atoms with van der Waals surface area (Å²) < 4.78 is 13.1. The minimum absolute atomic E-state index is 0.325. The zero-order chi connectivity index (χ0) is 21.9. The highest BCUT2D eigenvalue weighted by molar-refractivity contribution is 6.06. The molecule has 6 nitrogen and oxygen atoms in total. The largest absolute Gasteiger partial charge is 0.322 e. The summed E-state index contributed by atoms with van der Waals surface area (Å²) in [5.41, 5.74) is 4.62. The van der Waals surface area contributed by atoms with Crippen LogP contribution in [-0.4, -0.2) is 25.8 Å². The summed E-state index contributed by atoms with van der Waals surface area (Å²) >= 11 is 0. The van der Waals surface area contributed by atoms with Gasteiger partial charge in [0.15, 0.2) is 0 Å². The number of hydrogen-bond donors (Lipinski definition) is 1. The number of nitrogens with one attached hydrogen (secondary N) is 1. The number of carbonyl (C=O) groups excluding carboxylic acids is 1. The van der Waals surface area contributed by atoms with Crippen LogP contribution < -0.4 is 5.32 Å². The third-order valence-electron chi connectivity index (χ3n) is 4.84. The van der Waals surface area contributed by atoms with Gasteiger partial charge in [0.25, 0.3) is 5.91 Å². The van der Waals surface area contributed by atoms with Crippen LogP contribution in [0.2, 0.25) is 0 Å². The van der Waals surface area contributed by atoms with E-state index in [-0.39, 0.29) is 11.7 Å². The Hall–Kier alpha value is -4.52. The Labute approximate surface area is 182 Å². The normalized spacial score (nSPS) is 10.8. The second kappa shape index (κ2) is 8.31. The molecule has 7 heteroatoms. The average molecular weight is 421 g/mol. The van der Waals surface area contributed by atoms with Crippen LogP contribution in [0.25, 0.3) is 33.8 Å². The Morgan fingerprint density at radius 2 is 1.34 bits per heavy atom. The van der Waals surface area contributed by atoms with Gasteiger partial charge in [-0.3, -0.25) is 14.8 Å². The summed E-state index contributed by atoms with van der Waals surface area (Å²) in [6.07, 6.45) is 3.39. The first-order chi connectivity index (χ1) is 15.7. The number of halogens is 1. The lowest BCUT2D eigenvalue weighted by Gasteiger charge is -2.10. The molecule has 3 heterocycles. The molecule has 2 aromatic carbocycles. The molecule has 0 saturated carbocycles. The monoisotopic (exact) mass is 421 g/mol. The smallest absolute Gasteiger partial charge is 0.255 e. The van der Waals surface area contributed by atoms with Crippen LogP contribution in [0.5, 0.6) is 0 Å². The molecule has 0 atom stereocenters. The van der Waals surface area contributed by atoms with Crippen LogP contribution in [0, 0.1) is 5.82 Å². The SMILES string of the molecule is O=C(Nc1ccc(F)cc1)c1ccc2nc(-c3ccccn3)c(-c3ccccn3)nc2c1. The highest BCUT2D eigenvalue weighted by atomic mass is 19.1. The van der Waals surface area contributed by atoms with Crippen molar-refractivity contribution in [1.29, 1.82) is 0 Å². The van der Waals surface area contributed by atoms with Gasteiger partial charge in [-0.2, -0.15) is 0 Å². The van der Waals surface area contributed by atoms with E-state index < -0.39 is 0 Å². The maximum Gasteiger partial charge on any atom is 0.255 e. The minimum Gasteiger partial charge on any atom is -0.322 e. The third kappa shape index (κ3) is 3.91. The topological polar surface area (TPSA) is 80.7 Å². The quantitative estimate of drug-likeness (QED) is 0.434. The molecule has 1 amide bonds. The molecule has 0 saturated heterocycles. The van der Waals surface area contributed by atoms with Crippen LogP contribution in [0.4, 0.5) is 10.1 Å². The lowest BCUT2D eigenvalue weighted by atomic mass is 10.1. The number of aromatic nitrogens is 4. The molecule has 154 valence electrons. The van der Waals surface area contributed by atoms with Gasteiger partial charge in [-0.05, 0) is 66.7 Å². The summed E-state index contributed by atoms with van der Waals surface area (Å²) in [6.45, 7) is 0. The average Bonchev–Trinajstić information content (AvgIpc) is 2.85. The van der Waals surface area contributed by atoms with Gasteiger partial charge >= 0.3 is 0 Å². The molecule has 5 aromatic rings. The lowest BCUT2D eigenvalue weighted by Crippen LogP contribution is -2.12. The highest BCUT2D eigenvalue weighted by Crippen LogP contribution is 2.29. The maximum absolute atomic E-state index is 13.1. The maximum atomic E-state index is 13.1. The van der Waals surface area contributed by atoms with Gasteiger partial charge < -0.3 is 5.32 Å². The van der Waals surface area contributed by atoms with Crippen molar-refractivity contribution in [3.8, 4) is 22.8 Å². The number of hydrogen-bond acceptors (Lipinski definition) is 5. The van der Waals surface area contributed by atoms with Gasteiger partial charge in [-0.25, -0.2) is 14.4 Å². The van der Waals surface area contributed by atoms with Gasteiger partial charge in [0.05, 0.1) is 22.4 Å². The molecule has 0 aliphatic carbocycles. The summed E-state index contributed by atoms with van der Waals surface area (Å²) in [6, 6.07) is 21.9. The summed E-state index contributed by atoms with van der Waals surface area (Å²) in [4.78, 5) is 31.1. The van der Waals surface area contributed by atoms with Crippen molar-refractivity contribution in [3.05, 3.63) is 103 Å². The molecular weight excluding hydrogens is 405 g/mol. The van der Waals surface area contributed by atoms with E-state index in [4.69, 9.17) is 9.97 Å². The van der Waals surface area contributed by atoms with Crippen molar-refractivity contribution in [2.75, 3.05) is 5.32 Å². The van der Waals surface area contributed by atoms with Gasteiger partial charge in [0, 0.05) is 23.6 Å². The predicted octanol–water partition coefficient (Wildman–Crippen LogP) is 5.15. The third-order valence-corrected chi connectivity index (χ3v) is 4.84. The van der Waals surface area contributed by atoms with E-state index in [9.17, 15) is 9.18 Å². The predicted molar refractivity (Wildman–Crippen MR) is 120 cm³/mol. The number of amides is 1. The molecule has 32 heavy (non-hydrogen) atoms. The van der Waals surface area contributed by atoms with Crippen LogP contribution in [0.3, 0.4) is 0 Å². The van der Waals surface area contributed by atoms with Gasteiger partial charge in [0.2, 0.25) is 0 Å². The lowest BCUT2D eigenvalue weighted by molar-refractivity contribution is 0.102. The van der Waals surface area contributed by atoms with E-state index in [1.807, 2.05) is 36.4 Å². The number of nitrogens with zero attached hydrogens (tertiary/aromatic N) is 4. The Balaban J connectivity index is 1.59. The van der Waals surface area contributed by atoms with Crippen molar-refractivity contribution < 1.29 is 9.18 Å². The Morgan fingerprint density at radius 3 is 1.94 bits per heavy atom. The van der Waals surface area contributed by atoms with E-state index in [0.717, 1.165) is 0 Å². The zero-order valence-electron chi connectivity index (χ0n) is 16.7. The fraction of sp³-hybridized carbons (Fsp3) is 0. The molecule has 1 N–H and O–H groups in total.